The van der Waals surface area contributed by atoms with Gasteiger partial charge in [0.15, 0.2) is 11.5 Å². The van der Waals surface area contributed by atoms with Crippen molar-refractivity contribution in [2.24, 2.45) is 0 Å². The number of benzene rings is 3. The van der Waals surface area contributed by atoms with Crippen LogP contribution in [-0.4, -0.2) is 56.1 Å². The molecule has 0 bridgehead atoms. The fourth-order valence-corrected chi connectivity index (χ4v) is 5.22. The monoisotopic (exact) mass is 496 g/mol. The molecule has 3 heterocycles. The predicted octanol–water partition coefficient (Wildman–Crippen LogP) is 5.26. The molecule has 8 heteroatoms. The molecular weight excluding hydrogens is 472 g/mol. The van der Waals surface area contributed by atoms with Gasteiger partial charge in [0, 0.05) is 36.6 Å². The van der Waals surface area contributed by atoms with Gasteiger partial charge in [0.05, 0.1) is 16.1 Å². The van der Waals surface area contributed by atoms with E-state index in [0.717, 1.165) is 39.4 Å². The first kappa shape index (κ1) is 22.5. The molecule has 180 valence electrons. The SMILES string of the molecule is Cc1ccccc1-c1nnc2c3ccccc3nc(N3CCN(C(=O)c4ccccc4Cl)C(C)C3)n12. The average molecular weight is 497 g/mol. The molecule has 6 rings (SSSR count). The number of hydrogen-bond acceptors (Lipinski definition) is 5. The number of amides is 1. The maximum absolute atomic E-state index is 13.3. The Bertz CT molecular complexity index is 1610. The molecule has 1 atom stereocenters. The number of halogens is 1. The van der Waals surface area contributed by atoms with Gasteiger partial charge in [-0.1, -0.05) is 60.1 Å². The number of para-hydroxylation sites is 1. The molecule has 0 N–H and O–H groups in total. The molecule has 1 amide bonds. The van der Waals surface area contributed by atoms with E-state index in [0.29, 0.717) is 30.2 Å². The zero-order valence-electron chi connectivity index (χ0n) is 20.1. The number of carbonyl (C=O) groups is 1. The van der Waals surface area contributed by atoms with Crippen LogP contribution in [0.25, 0.3) is 27.9 Å². The molecule has 0 spiro atoms. The van der Waals surface area contributed by atoms with E-state index in [1.165, 1.54) is 0 Å². The van der Waals surface area contributed by atoms with E-state index < -0.39 is 0 Å². The topological polar surface area (TPSA) is 66.6 Å². The highest BCUT2D eigenvalue weighted by Crippen LogP contribution is 2.31. The summed E-state index contributed by atoms with van der Waals surface area (Å²) in [6.07, 6.45) is 0. The van der Waals surface area contributed by atoms with Gasteiger partial charge in [0.25, 0.3) is 5.91 Å². The van der Waals surface area contributed by atoms with Gasteiger partial charge in [-0.25, -0.2) is 9.38 Å². The Morgan fingerprint density at radius 3 is 2.50 bits per heavy atom. The van der Waals surface area contributed by atoms with Crippen LogP contribution >= 0.6 is 11.6 Å². The van der Waals surface area contributed by atoms with Gasteiger partial charge in [0.1, 0.15) is 0 Å². The first-order valence-electron chi connectivity index (χ1n) is 12.0. The molecule has 1 saturated heterocycles. The first-order chi connectivity index (χ1) is 17.5. The second-order valence-corrected chi connectivity index (χ2v) is 9.61. The van der Waals surface area contributed by atoms with Crippen LogP contribution in [0.3, 0.4) is 0 Å². The van der Waals surface area contributed by atoms with Crippen molar-refractivity contribution in [1.82, 2.24) is 24.5 Å². The molecule has 1 unspecified atom stereocenters. The summed E-state index contributed by atoms with van der Waals surface area (Å²) in [5.74, 6) is 1.50. The van der Waals surface area contributed by atoms with E-state index in [1.807, 2.05) is 53.4 Å². The predicted molar refractivity (Wildman–Crippen MR) is 143 cm³/mol. The molecular formula is C28H25ClN6O. The molecule has 1 aliphatic rings. The van der Waals surface area contributed by atoms with Crippen molar-refractivity contribution in [2.75, 3.05) is 24.5 Å². The van der Waals surface area contributed by atoms with Crippen LogP contribution in [0.1, 0.15) is 22.8 Å². The summed E-state index contributed by atoms with van der Waals surface area (Å²) >= 11 is 6.32. The molecule has 5 aromatic rings. The van der Waals surface area contributed by atoms with Crippen molar-refractivity contribution in [3.8, 4) is 11.4 Å². The maximum Gasteiger partial charge on any atom is 0.255 e. The van der Waals surface area contributed by atoms with E-state index in [9.17, 15) is 4.79 Å². The number of carbonyl (C=O) groups excluding carboxylic acids is 1. The van der Waals surface area contributed by atoms with Crippen LogP contribution < -0.4 is 4.90 Å². The molecule has 1 fully saturated rings. The Balaban J connectivity index is 1.43. The first-order valence-corrected chi connectivity index (χ1v) is 12.4. The molecule has 7 nitrogen and oxygen atoms in total. The van der Waals surface area contributed by atoms with Crippen molar-refractivity contribution in [3.05, 3.63) is 88.9 Å². The van der Waals surface area contributed by atoms with E-state index in [1.54, 1.807) is 12.1 Å². The molecule has 2 aromatic heterocycles. The molecule has 3 aromatic carbocycles. The van der Waals surface area contributed by atoms with E-state index in [-0.39, 0.29) is 11.9 Å². The quantitative estimate of drug-likeness (QED) is 0.341. The summed E-state index contributed by atoms with van der Waals surface area (Å²) < 4.78 is 2.06. The summed E-state index contributed by atoms with van der Waals surface area (Å²) in [4.78, 5) is 22.5. The highest BCUT2D eigenvalue weighted by Gasteiger charge is 2.31. The Morgan fingerprint density at radius 2 is 1.69 bits per heavy atom. The lowest BCUT2D eigenvalue weighted by Crippen LogP contribution is -2.54. The van der Waals surface area contributed by atoms with Gasteiger partial charge >= 0.3 is 0 Å². The van der Waals surface area contributed by atoms with E-state index in [4.69, 9.17) is 16.6 Å². The van der Waals surface area contributed by atoms with Crippen LogP contribution in [0.4, 0.5) is 5.95 Å². The minimum Gasteiger partial charge on any atom is -0.338 e. The van der Waals surface area contributed by atoms with Gasteiger partial charge in [-0.2, -0.15) is 0 Å². The Morgan fingerprint density at radius 1 is 0.944 bits per heavy atom. The maximum atomic E-state index is 13.3. The van der Waals surface area contributed by atoms with Crippen molar-refractivity contribution in [1.29, 1.82) is 0 Å². The van der Waals surface area contributed by atoms with Crippen LogP contribution in [0, 0.1) is 6.92 Å². The third-order valence-electron chi connectivity index (χ3n) is 6.89. The van der Waals surface area contributed by atoms with Crippen LogP contribution in [0.2, 0.25) is 5.02 Å². The van der Waals surface area contributed by atoms with Crippen molar-refractivity contribution in [3.63, 3.8) is 0 Å². The number of nitrogens with zero attached hydrogens (tertiary/aromatic N) is 6. The van der Waals surface area contributed by atoms with Crippen LogP contribution in [0.15, 0.2) is 72.8 Å². The van der Waals surface area contributed by atoms with Gasteiger partial charge in [-0.05, 0) is 43.7 Å². The fourth-order valence-electron chi connectivity index (χ4n) is 5.01. The number of aromatic nitrogens is 4. The zero-order valence-corrected chi connectivity index (χ0v) is 20.9. The second-order valence-electron chi connectivity index (χ2n) is 9.20. The van der Waals surface area contributed by atoms with Crippen molar-refractivity contribution < 1.29 is 4.79 Å². The molecule has 0 saturated carbocycles. The number of aryl methyl sites for hydroxylation is 1. The lowest BCUT2D eigenvalue weighted by Gasteiger charge is -2.40. The fraction of sp³-hybridized carbons (Fsp3) is 0.214. The van der Waals surface area contributed by atoms with Gasteiger partial charge in [-0.15, -0.1) is 10.2 Å². The van der Waals surface area contributed by atoms with E-state index in [2.05, 4.69) is 45.5 Å². The lowest BCUT2D eigenvalue weighted by molar-refractivity contribution is 0.0673. The highest BCUT2D eigenvalue weighted by molar-refractivity contribution is 6.33. The van der Waals surface area contributed by atoms with Crippen LogP contribution in [-0.2, 0) is 0 Å². The van der Waals surface area contributed by atoms with Crippen molar-refractivity contribution in [2.45, 2.75) is 19.9 Å². The molecule has 36 heavy (non-hydrogen) atoms. The summed E-state index contributed by atoms with van der Waals surface area (Å²) in [7, 11) is 0. The summed E-state index contributed by atoms with van der Waals surface area (Å²) in [5, 5.41) is 10.6. The molecule has 0 aliphatic carbocycles. The van der Waals surface area contributed by atoms with Gasteiger partial charge in [0.2, 0.25) is 5.95 Å². The average Bonchev–Trinajstić information content (AvgIpc) is 3.34. The minimum absolute atomic E-state index is 0.0377. The Kier molecular flexibility index (Phi) is 5.57. The van der Waals surface area contributed by atoms with E-state index >= 15 is 0 Å². The lowest BCUT2D eigenvalue weighted by atomic mass is 10.1. The van der Waals surface area contributed by atoms with Crippen molar-refractivity contribution >= 4 is 40.0 Å². The number of rotatable bonds is 3. The summed E-state index contributed by atoms with van der Waals surface area (Å²) in [6, 6.07) is 23.4. The van der Waals surface area contributed by atoms with Gasteiger partial charge in [-0.3, -0.25) is 4.79 Å². The number of hydrogen-bond donors (Lipinski definition) is 0. The minimum atomic E-state index is -0.0470. The number of anilines is 1. The highest BCUT2D eigenvalue weighted by atomic mass is 35.5. The number of fused-ring (bicyclic) bond motifs is 3. The zero-order chi connectivity index (χ0) is 24.8. The van der Waals surface area contributed by atoms with Crippen LogP contribution in [0.5, 0.6) is 0 Å². The summed E-state index contributed by atoms with van der Waals surface area (Å²) in [6.45, 7) is 5.96. The smallest absolute Gasteiger partial charge is 0.255 e. The van der Waals surface area contributed by atoms with Gasteiger partial charge < -0.3 is 9.80 Å². The largest absolute Gasteiger partial charge is 0.338 e. The molecule has 1 aliphatic heterocycles. The second kappa shape index (κ2) is 8.91. The third kappa shape index (κ3) is 3.67. The Hall–Kier alpha value is -3.97. The molecule has 0 radical (unpaired) electrons. The Labute approximate surface area is 214 Å². The normalized spacial score (nSPS) is 16.1. The summed E-state index contributed by atoms with van der Waals surface area (Å²) in [5.41, 5.74) is 4.31. The standard InChI is InChI=1S/C28H25ClN6O/c1-18-9-3-4-10-20(18)25-31-32-26-22-12-6-8-14-24(22)30-28(35(25)26)33-15-16-34(19(2)17-33)27(36)21-11-5-7-13-23(21)29/h3-14,19H,15-17H2,1-2H3. The number of piperazine rings is 1. The third-order valence-corrected chi connectivity index (χ3v) is 7.22.